The first-order valence-electron chi connectivity index (χ1n) is 10.0. The molecule has 2 amide bonds. The fourth-order valence-electron chi connectivity index (χ4n) is 3.94. The summed E-state index contributed by atoms with van der Waals surface area (Å²) in [6, 6.07) is 18.6. The number of rotatable bonds is 4. The zero-order valence-electron chi connectivity index (χ0n) is 16.8. The number of aromatic hydroxyl groups is 1. The largest absolute Gasteiger partial charge is 0.505 e. The zero-order chi connectivity index (χ0) is 22.2. The van der Waals surface area contributed by atoms with Gasteiger partial charge in [0.25, 0.3) is 11.8 Å². The van der Waals surface area contributed by atoms with E-state index < -0.39 is 17.6 Å². The van der Waals surface area contributed by atoms with E-state index in [0.717, 1.165) is 10.5 Å². The summed E-state index contributed by atoms with van der Waals surface area (Å²) >= 11 is 0. The van der Waals surface area contributed by atoms with Gasteiger partial charge in [0.2, 0.25) is 0 Å². The number of carbonyl (C=O) groups excluding carboxylic acids is 2. The standard InChI is InChI=1S/C26H17FN2O3/c27-18-11-8-17(9-12-18)15-29-25(31)21-19(13-10-16-5-2-1-3-6-16)20-7-4-14-28-23(20)24(30)22(21)26(29)32/h1-14,30H,15H2/b13-10+. The van der Waals surface area contributed by atoms with Crippen LogP contribution in [0.3, 0.4) is 0 Å². The van der Waals surface area contributed by atoms with Crippen LogP contribution in [0.15, 0.2) is 72.9 Å². The maximum atomic E-state index is 13.4. The van der Waals surface area contributed by atoms with Crippen LogP contribution in [0.2, 0.25) is 0 Å². The van der Waals surface area contributed by atoms with E-state index >= 15 is 0 Å². The number of pyridine rings is 1. The molecule has 0 fully saturated rings. The smallest absolute Gasteiger partial charge is 0.265 e. The summed E-state index contributed by atoms with van der Waals surface area (Å²) in [7, 11) is 0. The molecule has 0 radical (unpaired) electrons. The number of aromatic nitrogens is 1. The first kappa shape index (κ1) is 19.6. The van der Waals surface area contributed by atoms with E-state index in [1.54, 1.807) is 18.2 Å². The van der Waals surface area contributed by atoms with Crippen molar-refractivity contribution >= 4 is 34.9 Å². The second kappa shape index (κ2) is 7.74. The summed E-state index contributed by atoms with van der Waals surface area (Å²) in [6.45, 7) is -0.0301. The summed E-state index contributed by atoms with van der Waals surface area (Å²) < 4.78 is 13.3. The van der Waals surface area contributed by atoms with E-state index in [9.17, 15) is 19.1 Å². The Kier molecular flexibility index (Phi) is 4.75. The molecule has 0 spiro atoms. The third-order valence-electron chi connectivity index (χ3n) is 5.49. The van der Waals surface area contributed by atoms with E-state index in [1.165, 1.54) is 30.5 Å². The molecule has 6 heteroatoms. The van der Waals surface area contributed by atoms with Crippen molar-refractivity contribution in [1.29, 1.82) is 0 Å². The molecule has 5 rings (SSSR count). The Morgan fingerprint density at radius 3 is 2.34 bits per heavy atom. The molecule has 1 aliphatic rings. The lowest BCUT2D eigenvalue weighted by Gasteiger charge is -2.13. The minimum absolute atomic E-state index is 0.0301. The van der Waals surface area contributed by atoms with Gasteiger partial charge < -0.3 is 5.11 Å². The Labute approximate surface area is 183 Å². The zero-order valence-corrected chi connectivity index (χ0v) is 16.8. The van der Waals surface area contributed by atoms with Gasteiger partial charge in [-0.15, -0.1) is 0 Å². The fraction of sp³-hybridized carbons (Fsp3) is 0.0385. The Bertz CT molecular complexity index is 1400. The molecule has 2 heterocycles. The van der Waals surface area contributed by atoms with Gasteiger partial charge in [0.05, 0.1) is 17.7 Å². The summed E-state index contributed by atoms with van der Waals surface area (Å²) in [4.78, 5) is 31.9. The summed E-state index contributed by atoms with van der Waals surface area (Å²) in [5.74, 6) is -1.83. The van der Waals surface area contributed by atoms with Crippen molar-refractivity contribution in [2.45, 2.75) is 6.54 Å². The highest BCUT2D eigenvalue weighted by molar-refractivity contribution is 6.27. The number of phenols is 1. The highest BCUT2D eigenvalue weighted by Crippen LogP contribution is 2.40. The number of benzene rings is 3. The molecule has 4 aromatic rings. The van der Waals surface area contributed by atoms with E-state index in [0.29, 0.717) is 16.5 Å². The minimum atomic E-state index is -0.603. The maximum absolute atomic E-state index is 13.4. The first-order valence-corrected chi connectivity index (χ1v) is 10.0. The molecule has 1 aromatic heterocycles. The second-order valence-corrected chi connectivity index (χ2v) is 7.48. The average Bonchev–Trinajstić information content (AvgIpc) is 3.06. The van der Waals surface area contributed by atoms with Crippen LogP contribution in [0, 0.1) is 5.82 Å². The van der Waals surface area contributed by atoms with Gasteiger partial charge in [-0.2, -0.15) is 0 Å². The van der Waals surface area contributed by atoms with Gasteiger partial charge in [0, 0.05) is 11.6 Å². The summed E-state index contributed by atoms with van der Waals surface area (Å²) in [6.07, 6.45) is 5.14. The third-order valence-corrected chi connectivity index (χ3v) is 5.49. The maximum Gasteiger partial charge on any atom is 0.265 e. The van der Waals surface area contributed by atoms with Crippen LogP contribution in [-0.2, 0) is 6.54 Å². The normalized spacial score (nSPS) is 13.3. The van der Waals surface area contributed by atoms with Gasteiger partial charge >= 0.3 is 0 Å². The molecular formula is C26H17FN2O3. The van der Waals surface area contributed by atoms with Crippen molar-refractivity contribution in [3.8, 4) is 5.75 Å². The highest BCUT2D eigenvalue weighted by atomic mass is 19.1. The Morgan fingerprint density at radius 2 is 1.59 bits per heavy atom. The molecule has 0 unspecified atom stereocenters. The Morgan fingerprint density at radius 1 is 0.875 bits per heavy atom. The van der Waals surface area contributed by atoms with Crippen LogP contribution >= 0.6 is 0 Å². The predicted molar refractivity (Wildman–Crippen MR) is 119 cm³/mol. The van der Waals surface area contributed by atoms with Crippen LogP contribution in [0.25, 0.3) is 23.1 Å². The van der Waals surface area contributed by atoms with Crippen LogP contribution in [0.5, 0.6) is 5.75 Å². The van der Waals surface area contributed by atoms with Crippen LogP contribution in [0.1, 0.15) is 37.4 Å². The molecule has 0 bridgehead atoms. The van der Waals surface area contributed by atoms with Crippen molar-refractivity contribution in [1.82, 2.24) is 9.88 Å². The number of carbonyl (C=O) groups is 2. The molecule has 1 N–H and O–H groups in total. The number of phenolic OH excluding ortho intramolecular Hbond substituents is 1. The van der Waals surface area contributed by atoms with Gasteiger partial charge in [0.1, 0.15) is 11.3 Å². The molecule has 32 heavy (non-hydrogen) atoms. The van der Waals surface area contributed by atoms with Crippen molar-refractivity contribution in [3.63, 3.8) is 0 Å². The fourth-order valence-corrected chi connectivity index (χ4v) is 3.94. The molecule has 3 aromatic carbocycles. The van der Waals surface area contributed by atoms with Crippen molar-refractivity contribution in [2.75, 3.05) is 0 Å². The number of fused-ring (bicyclic) bond motifs is 2. The second-order valence-electron chi connectivity index (χ2n) is 7.48. The van der Waals surface area contributed by atoms with Crippen molar-refractivity contribution in [2.24, 2.45) is 0 Å². The minimum Gasteiger partial charge on any atom is -0.505 e. The number of imide groups is 1. The number of halogens is 1. The summed E-state index contributed by atoms with van der Waals surface area (Å²) in [5.41, 5.74) is 2.38. The SMILES string of the molecule is O=C1c2c(c(O)c3ncccc3c2/C=C/c2ccccc2)C(=O)N1Cc1ccc(F)cc1. The number of hydrogen-bond acceptors (Lipinski definition) is 4. The molecular weight excluding hydrogens is 407 g/mol. The van der Waals surface area contributed by atoms with E-state index in [-0.39, 0.29) is 28.9 Å². The average molecular weight is 424 g/mol. The van der Waals surface area contributed by atoms with E-state index in [2.05, 4.69) is 4.98 Å². The van der Waals surface area contributed by atoms with Crippen molar-refractivity contribution in [3.05, 3.63) is 107 Å². The van der Waals surface area contributed by atoms with Crippen LogP contribution < -0.4 is 0 Å². The Balaban J connectivity index is 1.66. The molecule has 156 valence electrons. The van der Waals surface area contributed by atoms with Gasteiger partial charge in [0.15, 0.2) is 5.75 Å². The lowest BCUT2D eigenvalue weighted by atomic mass is 9.95. The quantitative estimate of drug-likeness (QED) is 0.368. The summed E-state index contributed by atoms with van der Waals surface area (Å²) in [5, 5.41) is 11.4. The molecule has 5 nitrogen and oxygen atoms in total. The monoisotopic (exact) mass is 424 g/mol. The van der Waals surface area contributed by atoms with Gasteiger partial charge in [-0.1, -0.05) is 60.7 Å². The predicted octanol–water partition coefficient (Wildman–Crippen LogP) is 5.05. The topological polar surface area (TPSA) is 70.5 Å². The molecule has 0 atom stereocenters. The number of hydrogen-bond donors (Lipinski definition) is 1. The van der Waals surface area contributed by atoms with E-state index in [4.69, 9.17) is 0 Å². The first-order chi connectivity index (χ1) is 15.5. The van der Waals surface area contributed by atoms with Crippen LogP contribution in [0.4, 0.5) is 4.39 Å². The number of amides is 2. The van der Waals surface area contributed by atoms with Gasteiger partial charge in [-0.3, -0.25) is 19.5 Å². The molecule has 0 saturated heterocycles. The van der Waals surface area contributed by atoms with Crippen molar-refractivity contribution < 1.29 is 19.1 Å². The number of nitrogens with zero attached hydrogens (tertiary/aromatic N) is 2. The molecule has 0 saturated carbocycles. The van der Waals surface area contributed by atoms with Gasteiger partial charge in [-0.05, 0) is 34.9 Å². The highest BCUT2D eigenvalue weighted by Gasteiger charge is 2.41. The third kappa shape index (κ3) is 3.22. The molecule has 1 aliphatic heterocycles. The molecule has 0 aliphatic carbocycles. The van der Waals surface area contributed by atoms with Gasteiger partial charge in [-0.25, -0.2) is 4.39 Å². The van der Waals surface area contributed by atoms with E-state index in [1.807, 2.05) is 36.4 Å². The van der Waals surface area contributed by atoms with Crippen LogP contribution in [-0.4, -0.2) is 26.8 Å². The lowest BCUT2D eigenvalue weighted by Crippen LogP contribution is -2.29. The lowest BCUT2D eigenvalue weighted by molar-refractivity contribution is 0.0641. The Hall–Kier alpha value is -4.32.